The van der Waals surface area contributed by atoms with Gasteiger partial charge in [0.2, 0.25) is 0 Å². The summed E-state index contributed by atoms with van der Waals surface area (Å²) in [4.78, 5) is 10.5. The molecule has 88 valence electrons. The van der Waals surface area contributed by atoms with Gasteiger partial charge in [0.1, 0.15) is 11.6 Å². The smallest absolute Gasteiger partial charge is 0.305 e. The van der Waals surface area contributed by atoms with E-state index in [2.05, 4.69) is 15.9 Å². The highest BCUT2D eigenvalue weighted by Crippen LogP contribution is 2.33. The van der Waals surface area contributed by atoms with Gasteiger partial charge in [0, 0.05) is 12.1 Å². The van der Waals surface area contributed by atoms with Crippen LogP contribution in [-0.4, -0.2) is 18.2 Å². The highest BCUT2D eigenvalue weighted by molar-refractivity contribution is 9.10. The van der Waals surface area contributed by atoms with Crippen molar-refractivity contribution in [3.8, 4) is 5.75 Å². The molecule has 0 bridgehead atoms. The molecule has 1 unspecified atom stereocenters. The molecule has 0 aromatic heterocycles. The Kier molecular flexibility index (Phi) is 4.26. The van der Waals surface area contributed by atoms with E-state index in [1.54, 1.807) is 0 Å². The number of hydrogen-bond donors (Lipinski definition) is 2. The van der Waals surface area contributed by atoms with Crippen LogP contribution in [0.5, 0.6) is 5.75 Å². The molecule has 1 atom stereocenters. The van der Waals surface area contributed by atoms with Crippen LogP contribution in [-0.2, 0) is 4.79 Å². The first-order valence-electron chi connectivity index (χ1n) is 4.46. The maximum atomic E-state index is 13.2. The quantitative estimate of drug-likeness (QED) is 0.891. The number of methoxy groups -OCH3 is 1. The molecule has 0 spiro atoms. The first kappa shape index (κ1) is 12.9. The van der Waals surface area contributed by atoms with Gasteiger partial charge in [0.25, 0.3) is 0 Å². The topological polar surface area (TPSA) is 72.5 Å². The summed E-state index contributed by atoms with van der Waals surface area (Å²) < 4.78 is 18.6. The molecule has 1 rings (SSSR count). The normalized spacial score (nSPS) is 12.2. The number of carbonyl (C=O) groups is 1. The van der Waals surface area contributed by atoms with E-state index in [4.69, 9.17) is 15.6 Å². The summed E-state index contributed by atoms with van der Waals surface area (Å²) in [5.74, 6) is -1.27. The number of benzene rings is 1. The van der Waals surface area contributed by atoms with Crippen LogP contribution >= 0.6 is 15.9 Å². The van der Waals surface area contributed by atoms with Crippen LogP contribution in [0.25, 0.3) is 0 Å². The zero-order valence-corrected chi connectivity index (χ0v) is 10.1. The predicted octanol–water partition coefficient (Wildman–Crippen LogP) is 2.07. The van der Waals surface area contributed by atoms with Crippen molar-refractivity contribution < 1.29 is 19.0 Å². The van der Waals surface area contributed by atoms with Gasteiger partial charge in [0.15, 0.2) is 0 Å². The summed E-state index contributed by atoms with van der Waals surface area (Å²) in [6.07, 6.45) is -0.273. The number of halogens is 2. The van der Waals surface area contributed by atoms with Crippen molar-refractivity contribution in [2.24, 2.45) is 5.73 Å². The lowest BCUT2D eigenvalue weighted by Gasteiger charge is -2.14. The van der Waals surface area contributed by atoms with E-state index in [0.29, 0.717) is 10.0 Å². The Morgan fingerprint density at radius 3 is 2.81 bits per heavy atom. The minimum Gasteiger partial charge on any atom is -0.495 e. The lowest BCUT2D eigenvalue weighted by Crippen LogP contribution is -2.16. The van der Waals surface area contributed by atoms with Gasteiger partial charge in [-0.25, -0.2) is 4.39 Å². The molecule has 4 nitrogen and oxygen atoms in total. The molecule has 0 fully saturated rings. The summed E-state index contributed by atoms with van der Waals surface area (Å²) in [6, 6.07) is 1.61. The minimum absolute atomic E-state index is 0.273. The second-order valence-electron chi connectivity index (χ2n) is 3.22. The Morgan fingerprint density at radius 2 is 2.31 bits per heavy atom. The molecule has 1 aromatic rings. The lowest BCUT2D eigenvalue weighted by molar-refractivity contribution is -0.137. The van der Waals surface area contributed by atoms with E-state index in [1.165, 1.54) is 19.2 Å². The van der Waals surface area contributed by atoms with E-state index in [-0.39, 0.29) is 12.2 Å². The second kappa shape index (κ2) is 5.27. The molecule has 0 aliphatic rings. The zero-order valence-electron chi connectivity index (χ0n) is 8.54. The summed E-state index contributed by atoms with van der Waals surface area (Å²) >= 11 is 3.20. The molecule has 6 heteroatoms. The fourth-order valence-corrected chi connectivity index (χ4v) is 1.99. The fraction of sp³-hybridized carbons (Fsp3) is 0.300. The Labute approximate surface area is 100 Å². The number of ether oxygens (including phenoxy) is 1. The van der Waals surface area contributed by atoms with Crippen molar-refractivity contribution in [2.45, 2.75) is 12.5 Å². The zero-order chi connectivity index (χ0) is 12.3. The molecular formula is C10H11BrFNO3. The third kappa shape index (κ3) is 2.93. The van der Waals surface area contributed by atoms with Crippen molar-refractivity contribution in [1.82, 2.24) is 0 Å². The molecule has 0 heterocycles. The number of aliphatic carboxylic acids is 1. The predicted molar refractivity (Wildman–Crippen MR) is 59.8 cm³/mol. The highest BCUT2D eigenvalue weighted by atomic mass is 79.9. The van der Waals surface area contributed by atoms with Crippen LogP contribution in [0.2, 0.25) is 0 Å². The molecule has 16 heavy (non-hydrogen) atoms. The monoisotopic (exact) mass is 291 g/mol. The Balaban J connectivity index is 3.12. The average Bonchev–Trinajstić information content (AvgIpc) is 2.19. The van der Waals surface area contributed by atoms with Crippen LogP contribution in [0.15, 0.2) is 16.6 Å². The maximum absolute atomic E-state index is 13.2. The first-order valence-corrected chi connectivity index (χ1v) is 5.25. The van der Waals surface area contributed by atoms with Gasteiger partial charge in [-0.2, -0.15) is 0 Å². The highest BCUT2D eigenvalue weighted by Gasteiger charge is 2.17. The summed E-state index contributed by atoms with van der Waals surface area (Å²) in [5.41, 5.74) is 6.03. The van der Waals surface area contributed by atoms with Crippen molar-refractivity contribution in [2.75, 3.05) is 7.11 Å². The standard InChI is InChI=1S/C10H11BrFNO3/c1-16-8-3-5(12)2-6(10(8)11)7(13)4-9(14)15/h2-3,7H,4,13H2,1H3,(H,14,15). The summed E-state index contributed by atoms with van der Waals surface area (Å²) in [6.45, 7) is 0. The van der Waals surface area contributed by atoms with Gasteiger partial charge < -0.3 is 15.6 Å². The van der Waals surface area contributed by atoms with Crippen molar-refractivity contribution in [3.63, 3.8) is 0 Å². The third-order valence-electron chi connectivity index (χ3n) is 2.05. The van der Waals surface area contributed by atoms with Gasteiger partial charge in [-0.05, 0) is 27.6 Å². The van der Waals surface area contributed by atoms with Gasteiger partial charge in [-0.15, -0.1) is 0 Å². The molecular weight excluding hydrogens is 281 g/mol. The van der Waals surface area contributed by atoms with Crippen molar-refractivity contribution >= 4 is 21.9 Å². The molecule has 0 saturated heterocycles. The van der Waals surface area contributed by atoms with E-state index in [9.17, 15) is 9.18 Å². The van der Waals surface area contributed by atoms with E-state index < -0.39 is 17.8 Å². The van der Waals surface area contributed by atoms with Gasteiger partial charge >= 0.3 is 5.97 Å². The van der Waals surface area contributed by atoms with E-state index in [1.807, 2.05) is 0 Å². The molecule has 1 aromatic carbocycles. The fourth-order valence-electron chi connectivity index (χ4n) is 1.30. The molecule has 0 aliphatic heterocycles. The lowest BCUT2D eigenvalue weighted by atomic mass is 10.0. The average molecular weight is 292 g/mol. The number of carboxylic acid groups (broad SMARTS) is 1. The Bertz CT molecular complexity index is 411. The van der Waals surface area contributed by atoms with Crippen LogP contribution in [0.4, 0.5) is 4.39 Å². The summed E-state index contributed by atoms with van der Waals surface area (Å²) in [5, 5.41) is 8.61. The largest absolute Gasteiger partial charge is 0.495 e. The van der Waals surface area contributed by atoms with Crippen LogP contribution in [0.3, 0.4) is 0 Å². The SMILES string of the molecule is COc1cc(F)cc(C(N)CC(=O)O)c1Br. The number of rotatable bonds is 4. The molecule has 3 N–H and O–H groups in total. The second-order valence-corrected chi connectivity index (χ2v) is 4.01. The van der Waals surface area contributed by atoms with Gasteiger partial charge in [-0.3, -0.25) is 4.79 Å². The van der Waals surface area contributed by atoms with Gasteiger partial charge in [-0.1, -0.05) is 0 Å². The molecule has 0 amide bonds. The van der Waals surface area contributed by atoms with Crippen LogP contribution in [0, 0.1) is 5.82 Å². The third-order valence-corrected chi connectivity index (χ3v) is 2.89. The molecule has 0 aliphatic carbocycles. The maximum Gasteiger partial charge on any atom is 0.305 e. The summed E-state index contributed by atoms with van der Waals surface area (Å²) in [7, 11) is 1.39. The van der Waals surface area contributed by atoms with Crippen molar-refractivity contribution in [1.29, 1.82) is 0 Å². The van der Waals surface area contributed by atoms with Crippen molar-refractivity contribution in [3.05, 3.63) is 28.0 Å². The van der Waals surface area contributed by atoms with Gasteiger partial charge in [0.05, 0.1) is 18.0 Å². The number of hydrogen-bond acceptors (Lipinski definition) is 3. The first-order chi connectivity index (χ1) is 7.45. The Hall–Kier alpha value is -1.14. The van der Waals surface area contributed by atoms with Crippen LogP contribution in [0.1, 0.15) is 18.0 Å². The Morgan fingerprint density at radius 1 is 1.69 bits per heavy atom. The minimum atomic E-state index is -1.04. The molecule has 0 radical (unpaired) electrons. The van der Waals surface area contributed by atoms with Crippen LogP contribution < -0.4 is 10.5 Å². The molecule has 0 saturated carbocycles. The number of nitrogens with two attached hydrogens (primary N) is 1. The van der Waals surface area contributed by atoms with E-state index in [0.717, 1.165) is 0 Å². The number of carboxylic acids is 1. The van der Waals surface area contributed by atoms with E-state index >= 15 is 0 Å².